The van der Waals surface area contributed by atoms with Crippen molar-refractivity contribution >= 4 is 22.5 Å². The molecule has 19 heavy (non-hydrogen) atoms. The first kappa shape index (κ1) is 11.5. The number of hydrogen-bond acceptors (Lipinski definition) is 1. The molecule has 3 heteroatoms. The number of amides is 1. The minimum absolute atomic E-state index is 0.0105. The highest BCUT2D eigenvalue weighted by Crippen LogP contribution is 2.21. The molecule has 3 nitrogen and oxygen atoms in total. The Morgan fingerprint density at radius 1 is 1.00 bits per heavy atom. The number of carbonyl (C=O) groups excluding carboxylic acids is 1. The van der Waals surface area contributed by atoms with Gasteiger partial charge in [-0.1, -0.05) is 36.4 Å². The molecule has 1 aromatic heterocycles. The summed E-state index contributed by atoms with van der Waals surface area (Å²) >= 11 is 0. The van der Waals surface area contributed by atoms with Crippen LogP contribution in [0.15, 0.2) is 60.8 Å². The summed E-state index contributed by atoms with van der Waals surface area (Å²) in [5.74, 6) is -0.0105. The first-order valence-corrected chi connectivity index (χ1v) is 6.16. The van der Waals surface area contributed by atoms with Crippen molar-refractivity contribution in [2.75, 3.05) is 11.9 Å². The Morgan fingerprint density at radius 3 is 2.47 bits per heavy atom. The zero-order chi connectivity index (χ0) is 13.2. The lowest BCUT2D eigenvalue weighted by molar-refractivity contribution is 0.0994. The van der Waals surface area contributed by atoms with Crippen LogP contribution in [0.3, 0.4) is 0 Å². The van der Waals surface area contributed by atoms with Crippen LogP contribution >= 0.6 is 0 Å². The number of carbonyl (C=O) groups is 1. The fourth-order valence-electron chi connectivity index (χ4n) is 2.20. The number of nitrogens with one attached hydrogen (secondary N) is 1. The van der Waals surface area contributed by atoms with E-state index >= 15 is 0 Å². The highest BCUT2D eigenvalue weighted by molar-refractivity contribution is 6.13. The lowest BCUT2D eigenvalue weighted by Gasteiger charge is -2.16. The molecule has 3 rings (SSSR count). The number of hydrogen-bond donors (Lipinski definition) is 1. The number of para-hydroxylation sites is 2. The van der Waals surface area contributed by atoms with Gasteiger partial charge in [0.05, 0.1) is 5.56 Å². The van der Waals surface area contributed by atoms with Gasteiger partial charge in [0.15, 0.2) is 0 Å². The van der Waals surface area contributed by atoms with Gasteiger partial charge in [-0.3, -0.25) is 4.79 Å². The molecule has 0 aliphatic carbocycles. The van der Waals surface area contributed by atoms with E-state index in [1.54, 1.807) is 18.1 Å². The molecule has 0 bridgehead atoms. The van der Waals surface area contributed by atoms with E-state index in [2.05, 4.69) is 4.98 Å². The van der Waals surface area contributed by atoms with E-state index in [4.69, 9.17) is 0 Å². The van der Waals surface area contributed by atoms with Crippen LogP contribution in [0.4, 0.5) is 5.69 Å². The summed E-state index contributed by atoms with van der Waals surface area (Å²) < 4.78 is 0. The van der Waals surface area contributed by atoms with Crippen LogP contribution in [0.1, 0.15) is 10.4 Å². The van der Waals surface area contributed by atoms with E-state index < -0.39 is 0 Å². The molecule has 1 heterocycles. The van der Waals surface area contributed by atoms with Crippen molar-refractivity contribution in [3.8, 4) is 0 Å². The number of H-pyrrole nitrogens is 1. The summed E-state index contributed by atoms with van der Waals surface area (Å²) in [6, 6.07) is 17.5. The summed E-state index contributed by atoms with van der Waals surface area (Å²) in [6.45, 7) is 0. The van der Waals surface area contributed by atoms with Gasteiger partial charge in [-0.2, -0.15) is 0 Å². The average Bonchev–Trinajstić information content (AvgIpc) is 2.90. The normalized spacial score (nSPS) is 10.6. The molecule has 1 amide bonds. The van der Waals surface area contributed by atoms with Crippen molar-refractivity contribution in [1.82, 2.24) is 4.98 Å². The van der Waals surface area contributed by atoms with E-state index in [0.717, 1.165) is 16.6 Å². The highest BCUT2D eigenvalue weighted by atomic mass is 16.2. The molecule has 0 aliphatic rings. The molecule has 0 saturated heterocycles. The molecule has 0 radical (unpaired) electrons. The zero-order valence-corrected chi connectivity index (χ0v) is 10.6. The molecule has 0 aliphatic heterocycles. The van der Waals surface area contributed by atoms with Crippen LogP contribution < -0.4 is 4.90 Å². The summed E-state index contributed by atoms with van der Waals surface area (Å²) in [5.41, 5.74) is 2.56. The quantitative estimate of drug-likeness (QED) is 0.743. The second-order valence-corrected chi connectivity index (χ2v) is 4.45. The number of aromatic nitrogens is 1. The van der Waals surface area contributed by atoms with Gasteiger partial charge in [-0.15, -0.1) is 0 Å². The number of rotatable bonds is 2. The van der Waals surface area contributed by atoms with Gasteiger partial charge in [-0.05, 0) is 18.2 Å². The molecular formula is C16H14N2O. The van der Waals surface area contributed by atoms with E-state index in [-0.39, 0.29) is 5.91 Å². The van der Waals surface area contributed by atoms with Gasteiger partial charge in [0.2, 0.25) is 0 Å². The molecule has 0 atom stereocenters. The third-order valence-corrected chi connectivity index (χ3v) is 3.27. The predicted molar refractivity (Wildman–Crippen MR) is 77.5 cm³/mol. The molecule has 0 saturated carbocycles. The van der Waals surface area contributed by atoms with Crippen LogP contribution in [0.5, 0.6) is 0 Å². The summed E-state index contributed by atoms with van der Waals surface area (Å²) in [6.07, 6.45) is 1.77. The molecule has 94 valence electrons. The van der Waals surface area contributed by atoms with Crippen molar-refractivity contribution < 1.29 is 4.79 Å². The lowest BCUT2D eigenvalue weighted by atomic mass is 10.1. The number of fused-ring (bicyclic) bond motifs is 1. The van der Waals surface area contributed by atoms with Crippen molar-refractivity contribution in [2.45, 2.75) is 0 Å². The third kappa shape index (κ3) is 1.99. The van der Waals surface area contributed by atoms with E-state index in [0.29, 0.717) is 5.56 Å². The zero-order valence-electron chi connectivity index (χ0n) is 10.6. The summed E-state index contributed by atoms with van der Waals surface area (Å²) in [7, 11) is 1.79. The first-order chi connectivity index (χ1) is 9.27. The largest absolute Gasteiger partial charge is 0.360 e. The van der Waals surface area contributed by atoms with Crippen LogP contribution in [-0.4, -0.2) is 17.9 Å². The van der Waals surface area contributed by atoms with Gasteiger partial charge in [0.25, 0.3) is 5.91 Å². The van der Waals surface area contributed by atoms with Crippen LogP contribution in [-0.2, 0) is 0 Å². The maximum atomic E-state index is 12.5. The topological polar surface area (TPSA) is 36.1 Å². The SMILES string of the molecule is CN(C(=O)c1c[nH]c2ccccc12)c1ccccc1. The molecule has 2 aromatic carbocycles. The third-order valence-electron chi connectivity index (χ3n) is 3.27. The smallest absolute Gasteiger partial charge is 0.260 e. The first-order valence-electron chi connectivity index (χ1n) is 6.16. The van der Waals surface area contributed by atoms with Crippen LogP contribution in [0.25, 0.3) is 10.9 Å². The maximum absolute atomic E-state index is 12.5. The van der Waals surface area contributed by atoms with Gasteiger partial charge >= 0.3 is 0 Å². The van der Waals surface area contributed by atoms with Gasteiger partial charge in [0.1, 0.15) is 0 Å². The van der Waals surface area contributed by atoms with Crippen molar-refractivity contribution in [2.24, 2.45) is 0 Å². The molecule has 1 N–H and O–H groups in total. The predicted octanol–water partition coefficient (Wildman–Crippen LogP) is 3.44. The van der Waals surface area contributed by atoms with E-state index in [9.17, 15) is 4.79 Å². The lowest BCUT2D eigenvalue weighted by Crippen LogP contribution is -2.25. The van der Waals surface area contributed by atoms with Crippen LogP contribution in [0.2, 0.25) is 0 Å². The fraction of sp³-hybridized carbons (Fsp3) is 0.0625. The highest BCUT2D eigenvalue weighted by Gasteiger charge is 2.16. The Bertz CT molecular complexity index is 716. The second-order valence-electron chi connectivity index (χ2n) is 4.45. The standard InChI is InChI=1S/C16H14N2O/c1-18(12-7-3-2-4-8-12)16(19)14-11-17-15-10-6-5-9-13(14)15/h2-11,17H,1H3. The minimum Gasteiger partial charge on any atom is -0.360 e. The molecule has 0 unspecified atom stereocenters. The van der Waals surface area contributed by atoms with Gasteiger partial charge in [-0.25, -0.2) is 0 Å². The second kappa shape index (κ2) is 4.61. The number of aromatic amines is 1. The number of anilines is 1. The van der Waals surface area contributed by atoms with Crippen molar-refractivity contribution in [3.05, 3.63) is 66.4 Å². The summed E-state index contributed by atoms with van der Waals surface area (Å²) in [4.78, 5) is 17.3. The van der Waals surface area contributed by atoms with E-state index in [1.807, 2.05) is 54.6 Å². The monoisotopic (exact) mass is 250 g/mol. The molecular weight excluding hydrogens is 236 g/mol. The van der Waals surface area contributed by atoms with E-state index in [1.165, 1.54) is 0 Å². The fourth-order valence-corrected chi connectivity index (χ4v) is 2.20. The van der Waals surface area contributed by atoms with Gasteiger partial charge in [0, 0.05) is 29.8 Å². The Hall–Kier alpha value is -2.55. The molecule has 0 fully saturated rings. The van der Waals surface area contributed by atoms with Crippen molar-refractivity contribution in [3.63, 3.8) is 0 Å². The Morgan fingerprint density at radius 2 is 1.68 bits per heavy atom. The van der Waals surface area contributed by atoms with Gasteiger partial charge < -0.3 is 9.88 Å². The Labute approximate surface area is 111 Å². The number of benzene rings is 2. The molecule has 3 aromatic rings. The number of nitrogens with zero attached hydrogens (tertiary/aromatic N) is 1. The average molecular weight is 250 g/mol. The maximum Gasteiger partial charge on any atom is 0.260 e. The Balaban J connectivity index is 2.00. The van der Waals surface area contributed by atoms with Crippen LogP contribution in [0, 0.1) is 0 Å². The van der Waals surface area contributed by atoms with Crippen molar-refractivity contribution in [1.29, 1.82) is 0 Å². The Kier molecular flexibility index (Phi) is 2.80. The minimum atomic E-state index is -0.0105. The summed E-state index contributed by atoms with van der Waals surface area (Å²) in [5, 5.41) is 0.954. The molecule has 0 spiro atoms.